The molecular formula is C11H23NO2. The summed E-state index contributed by atoms with van der Waals surface area (Å²) in [6, 6.07) is 0. The van der Waals surface area contributed by atoms with E-state index < -0.39 is 0 Å². The molecule has 1 amide bonds. The zero-order valence-electron chi connectivity index (χ0n) is 9.98. The maximum atomic E-state index is 10.5. The van der Waals surface area contributed by atoms with Crippen LogP contribution in [0.2, 0.25) is 0 Å². The van der Waals surface area contributed by atoms with Crippen LogP contribution in [0.15, 0.2) is 11.5 Å². The van der Waals surface area contributed by atoms with Crippen LogP contribution in [0.5, 0.6) is 0 Å². The fourth-order valence-corrected chi connectivity index (χ4v) is 0.760. The normalized spacial score (nSPS) is 10.9. The van der Waals surface area contributed by atoms with Crippen LogP contribution < -0.4 is 5.32 Å². The predicted molar refractivity (Wildman–Crippen MR) is 60.0 cm³/mol. The van der Waals surface area contributed by atoms with Crippen molar-refractivity contribution >= 4 is 5.91 Å². The third-order valence-electron chi connectivity index (χ3n) is 1.28. The largest absolute Gasteiger partial charge is 0.511 e. The maximum absolute atomic E-state index is 10.5. The van der Waals surface area contributed by atoms with Gasteiger partial charge in [-0.1, -0.05) is 27.2 Å². The van der Waals surface area contributed by atoms with Crippen LogP contribution in [-0.2, 0) is 4.79 Å². The van der Waals surface area contributed by atoms with E-state index in [4.69, 9.17) is 0 Å². The molecule has 0 rings (SSSR count). The molecule has 0 saturated heterocycles. The first-order valence-corrected chi connectivity index (χ1v) is 5.15. The number of nitrogens with one attached hydrogen (secondary N) is 1. The average molecular weight is 201 g/mol. The number of aliphatic hydroxyl groups excluding tert-OH is 1. The number of hydrogen-bond acceptors (Lipinski definition) is 2. The summed E-state index contributed by atoms with van der Waals surface area (Å²) in [7, 11) is 0. The SMILES string of the molecule is CCC.CCC/C(O)=C(\C)NC(C)=O. The second-order valence-corrected chi connectivity index (χ2v) is 3.21. The number of amides is 1. The van der Waals surface area contributed by atoms with E-state index in [9.17, 15) is 9.90 Å². The maximum Gasteiger partial charge on any atom is 0.221 e. The molecule has 0 radical (unpaired) electrons. The monoisotopic (exact) mass is 201 g/mol. The first-order chi connectivity index (χ1) is 6.49. The Hall–Kier alpha value is -0.990. The Bertz CT molecular complexity index is 186. The highest BCUT2D eigenvalue weighted by molar-refractivity contribution is 5.74. The molecule has 0 fully saturated rings. The van der Waals surface area contributed by atoms with Crippen molar-refractivity contribution in [3.05, 3.63) is 11.5 Å². The van der Waals surface area contributed by atoms with Gasteiger partial charge in [0.15, 0.2) is 0 Å². The fourth-order valence-electron chi connectivity index (χ4n) is 0.760. The van der Waals surface area contributed by atoms with Crippen molar-refractivity contribution in [2.75, 3.05) is 0 Å². The molecule has 2 N–H and O–H groups in total. The van der Waals surface area contributed by atoms with Gasteiger partial charge in [-0.15, -0.1) is 0 Å². The van der Waals surface area contributed by atoms with Crippen molar-refractivity contribution < 1.29 is 9.90 Å². The molecule has 84 valence electrons. The number of hydrogen-bond donors (Lipinski definition) is 2. The lowest BCUT2D eigenvalue weighted by molar-refractivity contribution is -0.118. The van der Waals surface area contributed by atoms with Gasteiger partial charge in [-0.05, 0) is 13.3 Å². The van der Waals surface area contributed by atoms with E-state index in [0.29, 0.717) is 12.1 Å². The molecule has 0 spiro atoms. The Balaban J connectivity index is 0. The minimum Gasteiger partial charge on any atom is -0.511 e. The predicted octanol–water partition coefficient (Wildman–Crippen LogP) is 3.13. The summed E-state index contributed by atoms with van der Waals surface area (Å²) in [6.45, 7) is 9.33. The van der Waals surface area contributed by atoms with E-state index in [1.165, 1.54) is 13.3 Å². The number of allylic oxidation sites excluding steroid dienone is 2. The van der Waals surface area contributed by atoms with Crippen molar-refractivity contribution in [3.8, 4) is 0 Å². The quantitative estimate of drug-likeness (QED) is 0.689. The molecular weight excluding hydrogens is 178 g/mol. The molecule has 0 unspecified atom stereocenters. The van der Waals surface area contributed by atoms with Crippen molar-refractivity contribution in [3.63, 3.8) is 0 Å². The topological polar surface area (TPSA) is 49.3 Å². The molecule has 0 aromatic rings. The molecule has 0 aromatic heterocycles. The molecule has 0 aliphatic carbocycles. The Morgan fingerprint density at radius 3 is 1.93 bits per heavy atom. The molecule has 0 aliphatic rings. The lowest BCUT2D eigenvalue weighted by atomic mass is 10.2. The summed E-state index contributed by atoms with van der Waals surface area (Å²) >= 11 is 0. The molecule has 0 aliphatic heterocycles. The smallest absolute Gasteiger partial charge is 0.221 e. The van der Waals surface area contributed by atoms with Crippen LogP contribution in [0.4, 0.5) is 0 Å². The number of rotatable bonds is 3. The van der Waals surface area contributed by atoms with E-state index in [2.05, 4.69) is 19.2 Å². The summed E-state index contributed by atoms with van der Waals surface area (Å²) in [6.07, 6.45) is 2.74. The van der Waals surface area contributed by atoms with Gasteiger partial charge in [0.1, 0.15) is 5.76 Å². The summed E-state index contributed by atoms with van der Waals surface area (Å²) in [5.74, 6) is 0.118. The number of aliphatic hydroxyl groups is 1. The van der Waals surface area contributed by atoms with E-state index >= 15 is 0 Å². The molecule has 0 atom stereocenters. The van der Waals surface area contributed by atoms with Crippen molar-refractivity contribution in [1.82, 2.24) is 5.32 Å². The van der Waals surface area contributed by atoms with Gasteiger partial charge in [0.05, 0.1) is 5.70 Å². The minimum atomic E-state index is -0.148. The van der Waals surface area contributed by atoms with E-state index in [0.717, 1.165) is 6.42 Å². The van der Waals surface area contributed by atoms with Gasteiger partial charge in [-0.2, -0.15) is 0 Å². The first kappa shape index (κ1) is 15.5. The second kappa shape index (κ2) is 10.1. The van der Waals surface area contributed by atoms with Crippen molar-refractivity contribution in [2.45, 2.75) is 53.9 Å². The minimum absolute atomic E-state index is 0.148. The zero-order valence-corrected chi connectivity index (χ0v) is 9.98. The number of carbonyl (C=O) groups is 1. The van der Waals surface area contributed by atoms with E-state index in [1.54, 1.807) is 6.92 Å². The molecule has 0 heterocycles. The first-order valence-electron chi connectivity index (χ1n) is 5.15. The van der Waals surface area contributed by atoms with Gasteiger partial charge < -0.3 is 10.4 Å². The second-order valence-electron chi connectivity index (χ2n) is 3.21. The fraction of sp³-hybridized carbons (Fsp3) is 0.727. The van der Waals surface area contributed by atoms with Crippen LogP contribution in [0.25, 0.3) is 0 Å². The summed E-state index contributed by atoms with van der Waals surface area (Å²) in [5.41, 5.74) is 0.555. The summed E-state index contributed by atoms with van der Waals surface area (Å²) in [4.78, 5) is 10.5. The summed E-state index contributed by atoms with van der Waals surface area (Å²) in [5, 5.41) is 11.7. The Morgan fingerprint density at radius 2 is 1.64 bits per heavy atom. The van der Waals surface area contributed by atoms with Crippen LogP contribution in [0, 0.1) is 0 Å². The Kier molecular flexibility index (Phi) is 11.2. The third kappa shape index (κ3) is 11.0. The van der Waals surface area contributed by atoms with E-state index in [1.807, 2.05) is 6.92 Å². The van der Waals surface area contributed by atoms with Crippen molar-refractivity contribution in [1.29, 1.82) is 0 Å². The van der Waals surface area contributed by atoms with Crippen LogP contribution >= 0.6 is 0 Å². The lowest BCUT2D eigenvalue weighted by Gasteiger charge is -2.04. The third-order valence-corrected chi connectivity index (χ3v) is 1.28. The standard InChI is InChI=1S/C8H15NO2.C3H8/c1-4-5-8(11)6(2)9-7(3)10;1-3-2/h11H,4-5H2,1-3H3,(H,9,10);3H2,1-2H3/b8-6-;. The van der Waals surface area contributed by atoms with Crippen LogP contribution in [-0.4, -0.2) is 11.0 Å². The highest BCUT2D eigenvalue weighted by Crippen LogP contribution is 2.04. The highest BCUT2D eigenvalue weighted by atomic mass is 16.3. The summed E-state index contributed by atoms with van der Waals surface area (Å²) < 4.78 is 0. The van der Waals surface area contributed by atoms with Crippen molar-refractivity contribution in [2.24, 2.45) is 0 Å². The molecule has 0 saturated carbocycles. The Labute approximate surface area is 87.2 Å². The van der Waals surface area contributed by atoms with Gasteiger partial charge in [0, 0.05) is 13.3 Å². The highest BCUT2D eigenvalue weighted by Gasteiger charge is 1.99. The van der Waals surface area contributed by atoms with Gasteiger partial charge >= 0.3 is 0 Å². The van der Waals surface area contributed by atoms with Gasteiger partial charge in [0.25, 0.3) is 0 Å². The van der Waals surface area contributed by atoms with Gasteiger partial charge in [-0.3, -0.25) is 4.79 Å². The van der Waals surface area contributed by atoms with Crippen LogP contribution in [0.1, 0.15) is 53.9 Å². The molecule has 3 nitrogen and oxygen atoms in total. The molecule has 0 aromatic carbocycles. The zero-order chi connectivity index (χ0) is 11.6. The molecule has 14 heavy (non-hydrogen) atoms. The molecule has 0 bridgehead atoms. The van der Waals surface area contributed by atoms with E-state index in [-0.39, 0.29) is 11.7 Å². The van der Waals surface area contributed by atoms with Crippen LogP contribution in [0.3, 0.4) is 0 Å². The lowest BCUT2D eigenvalue weighted by Crippen LogP contribution is -2.18. The Morgan fingerprint density at radius 1 is 1.21 bits per heavy atom. The molecule has 3 heteroatoms. The average Bonchev–Trinajstić information content (AvgIpc) is 2.04. The van der Waals surface area contributed by atoms with Gasteiger partial charge in [-0.25, -0.2) is 0 Å². The number of carbonyl (C=O) groups excluding carboxylic acids is 1. The van der Waals surface area contributed by atoms with Gasteiger partial charge in [0.2, 0.25) is 5.91 Å².